The SMILES string of the molecule is O=C(O)C(F)(F)F.O=C1CC(C(=O)c2cccc(CN(C(=O)Oc3ccccc3)[C@H]3CN4CCC3CC4)c2)=CC=C1CCN1CCC[C@H]1C(=O)O. The van der Waals surface area contributed by atoms with Gasteiger partial charge in [0.2, 0.25) is 0 Å². The van der Waals surface area contributed by atoms with Crippen LogP contribution in [0.3, 0.4) is 0 Å². The summed E-state index contributed by atoms with van der Waals surface area (Å²) in [5, 5.41) is 16.5. The zero-order valence-corrected chi connectivity index (χ0v) is 27.9. The zero-order valence-electron chi connectivity index (χ0n) is 27.9. The van der Waals surface area contributed by atoms with Crippen LogP contribution in [0.1, 0.15) is 54.4 Å². The molecule has 51 heavy (non-hydrogen) atoms. The number of nitrogens with zero attached hydrogens (tertiary/aromatic N) is 3. The van der Waals surface area contributed by atoms with E-state index in [1.165, 1.54) is 0 Å². The average Bonchev–Trinajstić information content (AvgIpc) is 3.60. The summed E-state index contributed by atoms with van der Waals surface area (Å²) in [4.78, 5) is 66.6. The van der Waals surface area contributed by atoms with E-state index in [0.717, 1.165) is 51.0 Å². The summed E-state index contributed by atoms with van der Waals surface area (Å²) in [5.41, 5.74) is 2.36. The molecule has 4 heterocycles. The summed E-state index contributed by atoms with van der Waals surface area (Å²) in [7, 11) is 0. The van der Waals surface area contributed by atoms with Crippen molar-refractivity contribution in [2.24, 2.45) is 5.92 Å². The van der Waals surface area contributed by atoms with Gasteiger partial charge < -0.3 is 19.8 Å². The average molecular weight is 712 g/mol. The van der Waals surface area contributed by atoms with Crippen LogP contribution in [0.4, 0.5) is 18.0 Å². The Morgan fingerprint density at radius 3 is 2.24 bits per heavy atom. The number of piperidine rings is 3. The third-order valence-corrected chi connectivity index (χ3v) is 9.79. The number of carbonyl (C=O) groups is 5. The van der Waals surface area contributed by atoms with Gasteiger partial charge in [-0.25, -0.2) is 9.59 Å². The highest BCUT2D eigenvalue weighted by atomic mass is 19.4. The number of hydrogen-bond acceptors (Lipinski definition) is 8. The monoisotopic (exact) mass is 711 g/mol. The largest absolute Gasteiger partial charge is 0.490 e. The molecule has 0 radical (unpaired) electrons. The van der Waals surface area contributed by atoms with Crippen LogP contribution < -0.4 is 4.74 Å². The van der Waals surface area contributed by atoms with E-state index in [1.807, 2.05) is 46.2 Å². The van der Waals surface area contributed by atoms with Crippen molar-refractivity contribution < 1.29 is 52.1 Å². The topological polar surface area (TPSA) is 145 Å². The minimum absolute atomic E-state index is 0.0202. The molecule has 272 valence electrons. The van der Waals surface area contributed by atoms with E-state index in [-0.39, 0.29) is 24.0 Å². The van der Waals surface area contributed by atoms with Crippen LogP contribution in [-0.2, 0) is 20.9 Å². The minimum atomic E-state index is -5.08. The Hall–Kier alpha value is -4.82. The zero-order chi connectivity index (χ0) is 36.7. The summed E-state index contributed by atoms with van der Waals surface area (Å²) in [6, 6.07) is 15.9. The van der Waals surface area contributed by atoms with E-state index >= 15 is 0 Å². The lowest BCUT2D eigenvalue weighted by atomic mass is 9.83. The number of Topliss-reactive ketones (excluding diaryl/α,β-unsaturated/α-hetero) is 2. The molecule has 2 aromatic carbocycles. The van der Waals surface area contributed by atoms with Crippen LogP contribution >= 0.6 is 0 Å². The van der Waals surface area contributed by atoms with Crippen molar-refractivity contribution in [2.45, 2.75) is 63.3 Å². The fourth-order valence-electron chi connectivity index (χ4n) is 7.10. The second-order valence-electron chi connectivity index (χ2n) is 13.1. The standard InChI is InChI=1S/C35H39N3O6.C2HF3O2/c39-32-21-28(12-11-26(32)15-19-37-16-5-10-30(37)34(41)42)33(40)27-7-4-6-24(20-27)22-38(31-23-36-17-13-25(31)14-18-36)35(43)44-29-8-2-1-3-9-29;3-2(4,5)1(6)7/h1-4,6-9,11-12,20,25,30-31H,5,10,13-19,21-23H2,(H,41,42);(H,6,7)/t30-,31-;/m0./s1. The molecule has 7 rings (SSSR count). The van der Waals surface area contributed by atoms with Gasteiger partial charge in [-0.05, 0) is 87.0 Å². The van der Waals surface area contributed by atoms with Gasteiger partial charge >= 0.3 is 24.2 Å². The summed E-state index contributed by atoms with van der Waals surface area (Å²) in [6.45, 7) is 4.46. The fraction of sp³-hybridized carbons (Fsp3) is 0.432. The highest BCUT2D eigenvalue weighted by molar-refractivity contribution is 6.14. The highest BCUT2D eigenvalue weighted by Gasteiger charge is 2.40. The minimum Gasteiger partial charge on any atom is -0.480 e. The summed E-state index contributed by atoms with van der Waals surface area (Å²) in [6.07, 6.45) is 2.01. The summed E-state index contributed by atoms with van der Waals surface area (Å²) in [5.74, 6) is -2.98. The second kappa shape index (κ2) is 16.5. The maximum absolute atomic E-state index is 13.5. The molecule has 2 atom stereocenters. The molecule has 4 aliphatic heterocycles. The van der Waals surface area contributed by atoms with E-state index in [2.05, 4.69) is 4.90 Å². The van der Waals surface area contributed by atoms with Gasteiger partial charge in [-0.2, -0.15) is 13.2 Å². The Morgan fingerprint density at radius 1 is 0.922 bits per heavy atom. The van der Waals surface area contributed by atoms with Crippen molar-refractivity contribution in [1.82, 2.24) is 14.7 Å². The highest BCUT2D eigenvalue weighted by Crippen LogP contribution is 2.33. The number of halogens is 3. The number of likely N-dealkylation sites (tertiary alicyclic amines) is 1. The molecule has 14 heteroatoms. The normalized spacial score (nSPS) is 23.0. The van der Waals surface area contributed by atoms with Crippen molar-refractivity contribution in [2.75, 3.05) is 32.7 Å². The van der Waals surface area contributed by atoms with Gasteiger partial charge in [0.05, 0.1) is 6.04 Å². The molecule has 2 bridgehead atoms. The van der Waals surface area contributed by atoms with Crippen LogP contribution in [0, 0.1) is 5.92 Å². The maximum Gasteiger partial charge on any atom is 0.490 e. The molecule has 0 aromatic heterocycles. The third kappa shape index (κ3) is 9.70. The first-order chi connectivity index (χ1) is 24.3. The van der Waals surface area contributed by atoms with Gasteiger partial charge in [0, 0.05) is 37.2 Å². The lowest BCUT2D eigenvalue weighted by Gasteiger charge is -2.48. The van der Waals surface area contributed by atoms with Crippen LogP contribution in [0.5, 0.6) is 5.75 Å². The molecule has 4 fully saturated rings. The molecule has 11 nitrogen and oxygen atoms in total. The lowest BCUT2D eigenvalue weighted by molar-refractivity contribution is -0.192. The van der Waals surface area contributed by atoms with Crippen LogP contribution in [0.2, 0.25) is 0 Å². The van der Waals surface area contributed by atoms with E-state index in [0.29, 0.717) is 54.3 Å². The third-order valence-electron chi connectivity index (χ3n) is 9.79. The number of allylic oxidation sites excluding steroid dienone is 3. The maximum atomic E-state index is 13.5. The van der Waals surface area contributed by atoms with Crippen molar-refractivity contribution in [3.8, 4) is 5.75 Å². The molecule has 1 amide bonds. The number of fused-ring (bicyclic) bond motifs is 3. The number of ketones is 2. The predicted octanol–water partition coefficient (Wildman–Crippen LogP) is 5.36. The number of amides is 1. The van der Waals surface area contributed by atoms with Gasteiger partial charge in [0.15, 0.2) is 11.6 Å². The number of carbonyl (C=O) groups excluding carboxylic acids is 3. The Bertz CT molecular complexity index is 1690. The number of hydrogen-bond donors (Lipinski definition) is 2. The van der Waals surface area contributed by atoms with Crippen molar-refractivity contribution in [3.63, 3.8) is 0 Å². The molecule has 2 aromatic rings. The number of carboxylic acids is 2. The van der Waals surface area contributed by atoms with Crippen molar-refractivity contribution >= 4 is 29.6 Å². The molecular formula is C37H40F3N3O8. The Kier molecular flexibility index (Phi) is 12.1. The van der Waals surface area contributed by atoms with Crippen LogP contribution in [-0.4, -0.2) is 105 Å². The van der Waals surface area contributed by atoms with E-state index < -0.39 is 30.2 Å². The van der Waals surface area contributed by atoms with E-state index in [4.69, 9.17) is 14.6 Å². The van der Waals surface area contributed by atoms with Crippen molar-refractivity contribution in [1.29, 1.82) is 0 Å². The summed E-state index contributed by atoms with van der Waals surface area (Å²) < 4.78 is 37.5. The molecule has 0 spiro atoms. The van der Waals surface area contributed by atoms with Gasteiger partial charge in [-0.15, -0.1) is 0 Å². The fourth-order valence-corrected chi connectivity index (χ4v) is 7.10. The number of alkyl halides is 3. The smallest absolute Gasteiger partial charge is 0.480 e. The molecule has 2 N–H and O–H groups in total. The molecule has 5 aliphatic rings. The number of para-hydroxylation sites is 1. The van der Waals surface area contributed by atoms with Crippen molar-refractivity contribution in [3.05, 3.63) is 89.0 Å². The molecule has 1 aliphatic carbocycles. The molecular weight excluding hydrogens is 671 g/mol. The van der Waals surface area contributed by atoms with E-state index in [9.17, 15) is 37.5 Å². The Morgan fingerprint density at radius 2 is 1.63 bits per heavy atom. The first kappa shape index (κ1) is 37.4. The number of carboxylic acid groups (broad SMARTS) is 2. The second-order valence-corrected chi connectivity index (χ2v) is 13.1. The van der Waals surface area contributed by atoms with Gasteiger partial charge in [0.25, 0.3) is 0 Å². The van der Waals surface area contributed by atoms with Gasteiger partial charge in [-0.1, -0.05) is 48.6 Å². The molecule has 4 saturated heterocycles. The van der Waals surface area contributed by atoms with E-state index in [1.54, 1.807) is 30.4 Å². The van der Waals surface area contributed by atoms with Gasteiger partial charge in [-0.3, -0.25) is 24.2 Å². The number of benzene rings is 2. The Labute approximate surface area is 293 Å². The number of aliphatic carboxylic acids is 2. The molecule has 0 unspecified atom stereocenters. The van der Waals surface area contributed by atoms with Crippen LogP contribution in [0.15, 0.2) is 77.9 Å². The molecule has 0 saturated carbocycles. The first-order valence-corrected chi connectivity index (χ1v) is 16.9. The predicted molar refractivity (Wildman–Crippen MR) is 178 cm³/mol. The Balaban J connectivity index is 0.000000654. The quantitative estimate of drug-likeness (QED) is 0.309. The van der Waals surface area contributed by atoms with Gasteiger partial charge in [0.1, 0.15) is 11.8 Å². The number of rotatable bonds is 10. The first-order valence-electron chi connectivity index (χ1n) is 16.9. The summed E-state index contributed by atoms with van der Waals surface area (Å²) >= 11 is 0. The van der Waals surface area contributed by atoms with Crippen LogP contribution in [0.25, 0.3) is 0 Å². The lowest BCUT2D eigenvalue weighted by Crippen LogP contribution is -2.58. The number of ether oxygens (including phenoxy) is 1.